The summed E-state index contributed by atoms with van der Waals surface area (Å²) < 4.78 is 0.622. The zero-order chi connectivity index (χ0) is 23.7. The lowest BCUT2D eigenvalue weighted by atomic mass is 10.1. The van der Waals surface area contributed by atoms with Gasteiger partial charge in [0, 0.05) is 37.6 Å². The number of hydroxylamine groups is 2. The van der Waals surface area contributed by atoms with Crippen LogP contribution in [0.4, 0.5) is 0 Å². The molecule has 3 aliphatic rings. The third kappa shape index (κ3) is 5.40. The summed E-state index contributed by atoms with van der Waals surface area (Å²) in [5.41, 5.74) is 1.22. The minimum Gasteiger partial charge on any atom is -0.351 e. The number of nitrogens with zero attached hydrogens (tertiary/aromatic N) is 3. The summed E-state index contributed by atoms with van der Waals surface area (Å²) in [4.78, 5) is 50.1. The van der Waals surface area contributed by atoms with Crippen molar-refractivity contribution in [1.82, 2.24) is 20.2 Å². The van der Waals surface area contributed by atoms with Gasteiger partial charge in [0.05, 0.1) is 21.6 Å². The normalized spacial score (nSPS) is 25.4. The fraction of sp³-hybridized carbons (Fsp3) is 0.591. The molecule has 4 rings (SSSR count). The number of amides is 3. The Hall–Kier alpha value is -1.59. The molecule has 1 N–H and O–H groups in total. The molecule has 11 heteroatoms. The molecule has 1 aromatic rings. The first-order valence-corrected chi connectivity index (χ1v) is 13.1. The molecule has 1 fully saturated rings. The van der Waals surface area contributed by atoms with Gasteiger partial charge in [-0.25, -0.2) is 5.06 Å². The van der Waals surface area contributed by atoms with Gasteiger partial charge in [-0.2, -0.15) is 0 Å². The summed E-state index contributed by atoms with van der Waals surface area (Å²) in [5.74, 6) is -0.590. The van der Waals surface area contributed by atoms with E-state index in [2.05, 4.69) is 17.3 Å². The molecule has 0 radical (unpaired) electrons. The predicted molar refractivity (Wildman–Crippen MR) is 130 cm³/mol. The highest BCUT2D eigenvalue weighted by atomic mass is 35.5. The molecule has 3 amide bonds. The Morgan fingerprint density at radius 2 is 2.03 bits per heavy atom. The zero-order valence-corrected chi connectivity index (χ0v) is 21.4. The number of carbonyl (C=O) groups excluding carboxylic acids is 3. The first kappa shape index (κ1) is 24.5. The van der Waals surface area contributed by atoms with Gasteiger partial charge in [-0.1, -0.05) is 17.7 Å². The fourth-order valence-corrected chi connectivity index (χ4v) is 6.84. The van der Waals surface area contributed by atoms with E-state index in [0.29, 0.717) is 22.1 Å². The van der Waals surface area contributed by atoms with Crippen LogP contribution in [0.3, 0.4) is 0 Å². The van der Waals surface area contributed by atoms with Crippen molar-refractivity contribution >= 4 is 52.4 Å². The standard InChI is InChI=1S/C22H29ClN4O4S2/c1-25-8-6-13-10-18(32-16(13)7-9-25)22(30)27-12-14(11-15(27)21(29)26(2)31-3)24-20(28)17-4-5-19(23)33-17/h5,10,14-15,17H,4,6-9,11-12H2,1-3H3,(H,24,28)/t14-,15+,17?/m1/s1. The third-order valence-corrected chi connectivity index (χ3v) is 9.14. The Morgan fingerprint density at radius 3 is 2.73 bits per heavy atom. The zero-order valence-electron chi connectivity index (χ0n) is 19.0. The number of halogens is 1. The Bertz CT molecular complexity index is 943. The van der Waals surface area contributed by atoms with Crippen molar-refractivity contribution in [1.29, 1.82) is 0 Å². The maximum Gasteiger partial charge on any atom is 0.268 e. The van der Waals surface area contributed by atoms with Crippen molar-refractivity contribution in [3.8, 4) is 0 Å². The summed E-state index contributed by atoms with van der Waals surface area (Å²) in [5, 5.41) is 3.89. The Kier molecular flexibility index (Phi) is 7.69. The predicted octanol–water partition coefficient (Wildman–Crippen LogP) is 2.08. The average Bonchev–Trinajstić information content (AvgIpc) is 3.50. The van der Waals surface area contributed by atoms with Crippen molar-refractivity contribution in [2.45, 2.75) is 43.0 Å². The molecule has 1 saturated heterocycles. The number of thioether (sulfide) groups is 1. The van der Waals surface area contributed by atoms with E-state index in [1.54, 1.807) is 4.90 Å². The molecule has 0 aromatic carbocycles. The summed E-state index contributed by atoms with van der Waals surface area (Å²) in [6.45, 7) is 2.21. The number of thiophene rings is 1. The molecule has 0 spiro atoms. The van der Waals surface area contributed by atoms with E-state index in [9.17, 15) is 14.4 Å². The third-order valence-electron chi connectivity index (χ3n) is 6.41. The topological polar surface area (TPSA) is 82.2 Å². The maximum absolute atomic E-state index is 13.5. The first-order valence-electron chi connectivity index (χ1n) is 11.0. The molecule has 0 aliphatic carbocycles. The second-order valence-corrected chi connectivity index (χ2v) is 11.7. The number of rotatable bonds is 5. The van der Waals surface area contributed by atoms with Gasteiger partial charge in [0.2, 0.25) is 5.91 Å². The van der Waals surface area contributed by atoms with Gasteiger partial charge in [-0.3, -0.25) is 19.2 Å². The number of allylic oxidation sites excluding steroid dienone is 1. The second-order valence-electron chi connectivity index (χ2n) is 8.65. The highest BCUT2D eigenvalue weighted by Crippen LogP contribution is 2.35. The number of likely N-dealkylation sites (N-methyl/N-ethyl adjacent to an activating group) is 2. The lowest BCUT2D eigenvalue weighted by Gasteiger charge is -2.26. The first-order chi connectivity index (χ1) is 15.8. The van der Waals surface area contributed by atoms with E-state index in [4.69, 9.17) is 16.4 Å². The molecular weight excluding hydrogens is 484 g/mol. The van der Waals surface area contributed by atoms with E-state index in [0.717, 1.165) is 31.0 Å². The summed E-state index contributed by atoms with van der Waals surface area (Å²) in [6.07, 6.45) is 4.60. The molecule has 1 aromatic heterocycles. The molecule has 0 saturated carbocycles. The van der Waals surface area contributed by atoms with Crippen LogP contribution in [0, 0.1) is 0 Å². The summed E-state index contributed by atoms with van der Waals surface area (Å²) in [7, 11) is 5.06. The van der Waals surface area contributed by atoms with Crippen LogP contribution in [-0.2, 0) is 27.3 Å². The molecule has 8 nitrogen and oxygen atoms in total. The fourth-order valence-electron chi connectivity index (χ4n) is 4.44. The van der Waals surface area contributed by atoms with Gasteiger partial charge in [-0.05, 0) is 44.4 Å². The van der Waals surface area contributed by atoms with Crippen LogP contribution in [-0.4, -0.2) is 90.8 Å². The number of nitrogens with one attached hydrogen (secondary N) is 1. The molecule has 33 heavy (non-hydrogen) atoms. The van der Waals surface area contributed by atoms with Crippen LogP contribution in [0.1, 0.15) is 33.0 Å². The van der Waals surface area contributed by atoms with E-state index >= 15 is 0 Å². The lowest BCUT2D eigenvalue weighted by Crippen LogP contribution is -2.46. The highest BCUT2D eigenvalue weighted by molar-refractivity contribution is 8.06. The molecule has 1 unspecified atom stereocenters. The van der Waals surface area contributed by atoms with Crippen molar-refractivity contribution in [3.05, 3.63) is 31.8 Å². The van der Waals surface area contributed by atoms with Crippen molar-refractivity contribution in [2.24, 2.45) is 0 Å². The Morgan fingerprint density at radius 1 is 1.27 bits per heavy atom. The summed E-state index contributed by atoms with van der Waals surface area (Å²) in [6, 6.07) is 0.975. The molecular formula is C22H29ClN4O4S2. The van der Waals surface area contributed by atoms with E-state index in [1.807, 2.05) is 12.1 Å². The number of hydrogen-bond acceptors (Lipinski definition) is 7. The molecule has 0 bridgehead atoms. The van der Waals surface area contributed by atoms with E-state index in [-0.39, 0.29) is 35.6 Å². The quantitative estimate of drug-likeness (QED) is 0.608. The SMILES string of the molecule is CON(C)C(=O)[C@@H]1C[C@@H](NC(=O)C2CC=C(Cl)S2)CN1C(=O)c1cc2c(s1)CCN(C)CC2. The van der Waals surface area contributed by atoms with Gasteiger partial charge in [0.15, 0.2) is 0 Å². The highest BCUT2D eigenvalue weighted by Gasteiger charge is 2.43. The largest absolute Gasteiger partial charge is 0.351 e. The minimum atomic E-state index is -0.696. The minimum absolute atomic E-state index is 0.121. The number of carbonyl (C=O) groups is 3. The van der Waals surface area contributed by atoms with Crippen LogP contribution in [0.5, 0.6) is 0 Å². The van der Waals surface area contributed by atoms with Gasteiger partial charge in [-0.15, -0.1) is 23.1 Å². The Labute approximate surface area is 207 Å². The lowest BCUT2D eigenvalue weighted by molar-refractivity contribution is -0.172. The maximum atomic E-state index is 13.5. The molecule has 3 atom stereocenters. The van der Waals surface area contributed by atoms with Gasteiger partial charge in [0.1, 0.15) is 6.04 Å². The second kappa shape index (κ2) is 10.4. The van der Waals surface area contributed by atoms with Crippen LogP contribution >= 0.6 is 34.7 Å². The average molecular weight is 513 g/mol. The number of hydrogen-bond donors (Lipinski definition) is 1. The molecule has 4 heterocycles. The smallest absolute Gasteiger partial charge is 0.268 e. The van der Waals surface area contributed by atoms with Crippen LogP contribution in [0.25, 0.3) is 0 Å². The van der Waals surface area contributed by atoms with Gasteiger partial charge in [0.25, 0.3) is 11.8 Å². The number of likely N-dealkylation sites (tertiary alicyclic amines) is 1. The van der Waals surface area contributed by atoms with E-state index in [1.165, 1.54) is 47.7 Å². The van der Waals surface area contributed by atoms with Crippen LogP contribution in [0.2, 0.25) is 0 Å². The van der Waals surface area contributed by atoms with Gasteiger partial charge < -0.3 is 15.1 Å². The Balaban J connectivity index is 1.50. The van der Waals surface area contributed by atoms with Crippen molar-refractivity contribution in [3.63, 3.8) is 0 Å². The summed E-state index contributed by atoms with van der Waals surface area (Å²) >= 11 is 8.86. The molecule has 180 valence electrons. The number of fused-ring (bicyclic) bond motifs is 1. The van der Waals surface area contributed by atoms with Crippen molar-refractivity contribution in [2.75, 3.05) is 40.8 Å². The molecule has 3 aliphatic heterocycles. The van der Waals surface area contributed by atoms with E-state index < -0.39 is 6.04 Å². The monoisotopic (exact) mass is 512 g/mol. The van der Waals surface area contributed by atoms with Crippen molar-refractivity contribution < 1.29 is 19.2 Å². The van der Waals surface area contributed by atoms with Crippen LogP contribution in [0.15, 0.2) is 16.5 Å². The van der Waals surface area contributed by atoms with Gasteiger partial charge >= 0.3 is 0 Å². The van der Waals surface area contributed by atoms with Crippen LogP contribution < -0.4 is 5.32 Å².